The van der Waals surface area contributed by atoms with Gasteiger partial charge < -0.3 is 16.0 Å². The third-order valence-corrected chi connectivity index (χ3v) is 4.97. The fourth-order valence-corrected chi connectivity index (χ4v) is 3.59. The first-order valence-electron chi connectivity index (χ1n) is 6.93. The Morgan fingerprint density at radius 1 is 1.40 bits per heavy atom. The molecule has 0 aliphatic heterocycles. The van der Waals surface area contributed by atoms with Crippen LogP contribution in [0.15, 0.2) is 18.2 Å². The number of carbonyl (C=O) groups excluding carboxylic acids is 1. The molecule has 1 aromatic carbocycles. The molecule has 4 nitrogen and oxygen atoms in total. The summed E-state index contributed by atoms with van der Waals surface area (Å²) in [5, 5.41) is 4.19. The van der Waals surface area contributed by atoms with Gasteiger partial charge in [0, 0.05) is 31.0 Å². The second kappa shape index (κ2) is 6.39. The number of nitrogen functional groups attached to an aromatic ring is 1. The number of rotatable bonds is 4. The summed E-state index contributed by atoms with van der Waals surface area (Å²) < 4.78 is 0. The first-order valence-corrected chi connectivity index (χ1v) is 8.22. The van der Waals surface area contributed by atoms with Crippen molar-refractivity contribution in [2.24, 2.45) is 0 Å². The summed E-state index contributed by atoms with van der Waals surface area (Å²) in [5.74, 6) is -0.0221. The quantitative estimate of drug-likeness (QED) is 0.838. The fourth-order valence-electron chi connectivity index (χ4n) is 2.66. The Kier molecular flexibility index (Phi) is 4.81. The minimum Gasteiger partial charge on any atom is -0.397 e. The lowest BCUT2D eigenvalue weighted by Gasteiger charge is -2.22. The van der Waals surface area contributed by atoms with E-state index in [1.54, 1.807) is 25.1 Å². The zero-order valence-electron chi connectivity index (χ0n) is 12.3. The van der Waals surface area contributed by atoms with E-state index in [-0.39, 0.29) is 5.91 Å². The molecule has 1 aliphatic rings. The van der Waals surface area contributed by atoms with E-state index in [1.165, 1.54) is 19.3 Å². The number of anilines is 2. The lowest BCUT2D eigenvalue weighted by molar-refractivity contribution is 0.0827. The number of hydrogen-bond acceptors (Lipinski definition) is 4. The van der Waals surface area contributed by atoms with E-state index < -0.39 is 0 Å². The lowest BCUT2D eigenvalue weighted by Crippen LogP contribution is -2.26. The Balaban J connectivity index is 2.12. The molecule has 0 radical (unpaired) electrons. The van der Waals surface area contributed by atoms with E-state index in [0.717, 1.165) is 5.69 Å². The molecule has 110 valence electrons. The molecule has 0 saturated heterocycles. The summed E-state index contributed by atoms with van der Waals surface area (Å²) in [6.45, 7) is 0. The Bertz CT molecular complexity index is 490. The van der Waals surface area contributed by atoms with Gasteiger partial charge in [-0.25, -0.2) is 0 Å². The van der Waals surface area contributed by atoms with Crippen LogP contribution in [-0.4, -0.2) is 42.4 Å². The Hall–Kier alpha value is -1.36. The van der Waals surface area contributed by atoms with Crippen LogP contribution in [0.4, 0.5) is 11.4 Å². The van der Waals surface area contributed by atoms with Gasteiger partial charge in [0.1, 0.15) is 0 Å². The molecule has 0 heterocycles. The third kappa shape index (κ3) is 3.20. The molecule has 1 saturated carbocycles. The maximum absolute atomic E-state index is 11.9. The van der Waals surface area contributed by atoms with E-state index in [0.29, 0.717) is 22.5 Å². The summed E-state index contributed by atoms with van der Waals surface area (Å²) in [6.07, 6.45) is 5.87. The predicted octanol–water partition coefficient (Wildman–Crippen LogP) is 2.67. The van der Waals surface area contributed by atoms with Crippen LogP contribution in [0.1, 0.15) is 29.6 Å². The maximum atomic E-state index is 11.9. The molecule has 5 heteroatoms. The topological polar surface area (TPSA) is 58.4 Å². The molecule has 0 bridgehead atoms. The van der Waals surface area contributed by atoms with Gasteiger partial charge in [-0.15, -0.1) is 0 Å². The number of amides is 1. The standard InChI is InChI=1S/C15H23N3OS/c1-18(2)15(19)10-7-8-12(11(16)9-10)17-13-5-4-6-14(13)20-3/h7-9,13-14,17H,4-6,16H2,1-3H3. The Morgan fingerprint density at radius 3 is 2.75 bits per heavy atom. The van der Waals surface area contributed by atoms with Crippen LogP contribution in [0.25, 0.3) is 0 Å². The van der Waals surface area contributed by atoms with Crippen molar-refractivity contribution in [1.82, 2.24) is 4.90 Å². The van der Waals surface area contributed by atoms with E-state index in [2.05, 4.69) is 11.6 Å². The van der Waals surface area contributed by atoms with Gasteiger partial charge in [-0.3, -0.25) is 4.79 Å². The van der Waals surface area contributed by atoms with Gasteiger partial charge in [0.15, 0.2) is 0 Å². The van der Waals surface area contributed by atoms with Crippen molar-refractivity contribution >= 4 is 29.0 Å². The van der Waals surface area contributed by atoms with Crippen LogP contribution < -0.4 is 11.1 Å². The van der Waals surface area contributed by atoms with Crippen LogP contribution in [0.5, 0.6) is 0 Å². The Labute approximate surface area is 125 Å². The molecule has 1 aromatic rings. The average molecular weight is 293 g/mol. The van der Waals surface area contributed by atoms with Crippen molar-refractivity contribution in [2.45, 2.75) is 30.6 Å². The van der Waals surface area contributed by atoms with E-state index in [1.807, 2.05) is 23.9 Å². The van der Waals surface area contributed by atoms with Gasteiger partial charge >= 0.3 is 0 Å². The van der Waals surface area contributed by atoms with Gasteiger partial charge in [0.05, 0.1) is 11.4 Å². The number of benzene rings is 1. The highest BCUT2D eigenvalue weighted by Crippen LogP contribution is 2.32. The summed E-state index contributed by atoms with van der Waals surface area (Å²) in [7, 11) is 3.48. The number of hydrogen-bond donors (Lipinski definition) is 2. The van der Waals surface area contributed by atoms with Crippen molar-refractivity contribution in [3.8, 4) is 0 Å². The van der Waals surface area contributed by atoms with Crippen molar-refractivity contribution in [3.05, 3.63) is 23.8 Å². The van der Waals surface area contributed by atoms with Gasteiger partial charge in [0.25, 0.3) is 5.91 Å². The van der Waals surface area contributed by atoms with Gasteiger partial charge in [-0.05, 0) is 37.3 Å². The van der Waals surface area contributed by atoms with Crippen LogP contribution in [0.3, 0.4) is 0 Å². The molecule has 2 unspecified atom stereocenters. The normalized spacial score (nSPS) is 21.8. The second-order valence-electron chi connectivity index (χ2n) is 5.46. The number of nitrogens with zero attached hydrogens (tertiary/aromatic N) is 1. The highest BCUT2D eigenvalue weighted by atomic mass is 32.2. The molecule has 20 heavy (non-hydrogen) atoms. The van der Waals surface area contributed by atoms with Crippen LogP contribution in [0.2, 0.25) is 0 Å². The zero-order chi connectivity index (χ0) is 14.7. The van der Waals surface area contributed by atoms with E-state index in [4.69, 9.17) is 5.73 Å². The zero-order valence-corrected chi connectivity index (χ0v) is 13.2. The van der Waals surface area contributed by atoms with Crippen molar-refractivity contribution < 1.29 is 4.79 Å². The smallest absolute Gasteiger partial charge is 0.253 e. The van der Waals surface area contributed by atoms with Crippen LogP contribution in [0, 0.1) is 0 Å². The van der Waals surface area contributed by atoms with Crippen LogP contribution >= 0.6 is 11.8 Å². The molecule has 0 spiro atoms. The predicted molar refractivity (Wildman–Crippen MR) is 87.4 cm³/mol. The summed E-state index contributed by atoms with van der Waals surface area (Å²) in [4.78, 5) is 13.5. The monoisotopic (exact) mass is 293 g/mol. The first kappa shape index (κ1) is 15.0. The summed E-state index contributed by atoms with van der Waals surface area (Å²) >= 11 is 1.91. The molecular weight excluding hydrogens is 270 g/mol. The SMILES string of the molecule is CSC1CCCC1Nc1ccc(C(=O)N(C)C)cc1N. The molecule has 0 aromatic heterocycles. The largest absolute Gasteiger partial charge is 0.397 e. The van der Waals surface area contributed by atoms with Gasteiger partial charge in [-0.2, -0.15) is 11.8 Å². The highest BCUT2D eigenvalue weighted by Gasteiger charge is 2.26. The summed E-state index contributed by atoms with van der Waals surface area (Å²) in [6, 6.07) is 5.99. The number of thioether (sulfide) groups is 1. The molecule has 3 N–H and O–H groups in total. The first-order chi connectivity index (χ1) is 9.52. The molecule has 2 rings (SSSR count). The third-order valence-electron chi connectivity index (χ3n) is 3.80. The molecule has 1 fully saturated rings. The Morgan fingerprint density at radius 2 is 2.15 bits per heavy atom. The molecular formula is C15H23N3OS. The lowest BCUT2D eigenvalue weighted by atomic mass is 10.1. The van der Waals surface area contributed by atoms with Gasteiger partial charge in [-0.1, -0.05) is 6.42 Å². The number of nitrogens with one attached hydrogen (secondary N) is 1. The maximum Gasteiger partial charge on any atom is 0.253 e. The second-order valence-corrected chi connectivity index (χ2v) is 6.53. The van der Waals surface area contributed by atoms with Crippen molar-refractivity contribution in [1.29, 1.82) is 0 Å². The molecule has 1 amide bonds. The molecule has 2 atom stereocenters. The van der Waals surface area contributed by atoms with Crippen molar-refractivity contribution in [2.75, 3.05) is 31.4 Å². The average Bonchev–Trinajstić information content (AvgIpc) is 2.87. The number of nitrogens with two attached hydrogens (primary N) is 1. The van der Waals surface area contributed by atoms with E-state index in [9.17, 15) is 4.79 Å². The summed E-state index contributed by atoms with van der Waals surface area (Å²) in [5.41, 5.74) is 8.29. The molecule has 1 aliphatic carbocycles. The highest BCUT2D eigenvalue weighted by molar-refractivity contribution is 7.99. The fraction of sp³-hybridized carbons (Fsp3) is 0.533. The van der Waals surface area contributed by atoms with Crippen LogP contribution in [-0.2, 0) is 0 Å². The van der Waals surface area contributed by atoms with Crippen molar-refractivity contribution in [3.63, 3.8) is 0 Å². The minimum atomic E-state index is -0.0221. The van der Waals surface area contributed by atoms with Gasteiger partial charge in [0.2, 0.25) is 0 Å². The number of carbonyl (C=O) groups is 1. The minimum absolute atomic E-state index is 0.0221. The van der Waals surface area contributed by atoms with E-state index >= 15 is 0 Å².